The highest BCUT2D eigenvalue weighted by Crippen LogP contribution is 2.15. The molecule has 14 heavy (non-hydrogen) atoms. The van der Waals surface area contributed by atoms with Crippen molar-refractivity contribution in [3.05, 3.63) is 35.6 Å². The van der Waals surface area contributed by atoms with Crippen molar-refractivity contribution in [1.29, 1.82) is 0 Å². The van der Waals surface area contributed by atoms with Gasteiger partial charge in [-0.2, -0.15) is 0 Å². The Morgan fingerprint density at radius 1 is 1.21 bits per heavy atom. The van der Waals surface area contributed by atoms with Gasteiger partial charge in [0.1, 0.15) is 5.82 Å². The maximum absolute atomic E-state index is 12.7. The van der Waals surface area contributed by atoms with Gasteiger partial charge in [-0.25, -0.2) is 4.39 Å². The molecule has 0 spiro atoms. The lowest BCUT2D eigenvalue weighted by Gasteiger charge is -2.16. The van der Waals surface area contributed by atoms with Crippen molar-refractivity contribution in [3.8, 4) is 0 Å². The van der Waals surface area contributed by atoms with Gasteiger partial charge in [-0.3, -0.25) is 0 Å². The van der Waals surface area contributed by atoms with Gasteiger partial charge in [0.2, 0.25) is 0 Å². The van der Waals surface area contributed by atoms with E-state index >= 15 is 0 Å². The standard InChI is InChI=1S/C11H17FN2/c1-13-8-7-11(14-2)9-3-5-10(12)6-4-9/h3-6,11,13-14H,7-8H2,1-2H3. The molecule has 3 heteroatoms. The number of benzene rings is 1. The molecule has 0 heterocycles. The van der Waals surface area contributed by atoms with Crippen molar-refractivity contribution < 1.29 is 4.39 Å². The molecule has 0 aromatic heterocycles. The number of halogens is 1. The highest BCUT2D eigenvalue weighted by Gasteiger charge is 2.07. The van der Waals surface area contributed by atoms with Gasteiger partial charge in [-0.05, 0) is 44.8 Å². The largest absolute Gasteiger partial charge is 0.320 e. The fraction of sp³-hybridized carbons (Fsp3) is 0.455. The maximum Gasteiger partial charge on any atom is 0.123 e. The predicted octanol–water partition coefficient (Wildman–Crippen LogP) is 1.70. The average Bonchev–Trinajstić information content (AvgIpc) is 2.21. The van der Waals surface area contributed by atoms with Crippen LogP contribution in [-0.4, -0.2) is 20.6 Å². The molecule has 0 saturated heterocycles. The summed E-state index contributed by atoms with van der Waals surface area (Å²) in [6.45, 7) is 0.947. The lowest BCUT2D eigenvalue weighted by Crippen LogP contribution is -2.21. The zero-order chi connectivity index (χ0) is 10.4. The molecule has 0 aliphatic carbocycles. The Balaban J connectivity index is 2.64. The van der Waals surface area contributed by atoms with E-state index < -0.39 is 0 Å². The molecule has 0 aliphatic rings. The average molecular weight is 196 g/mol. The molecule has 1 aromatic carbocycles. The minimum absolute atomic E-state index is 0.183. The lowest BCUT2D eigenvalue weighted by atomic mass is 10.0. The minimum Gasteiger partial charge on any atom is -0.320 e. The van der Waals surface area contributed by atoms with Gasteiger partial charge in [0.25, 0.3) is 0 Å². The van der Waals surface area contributed by atoms with Gasteiger partial charge < -0.3 is 10.6 Å². The van der Waals surface area contributed by atoms with Crippen LogP contribution in [0.2, 0.25) is 0 Å². The Morgan fingerprint density at radius 3 is 2.36 bits per heavy atom. The van der Waals surface area contributed by atoms with Crippen LogP contribution in [0.1, 0.15) is 18.0 Å². The fourth-order valence-corrected chi connectivity index (χ4v) is 1.46. The van der Waals surface area contributed by atoms with Crippen LogP contribution >= 0.6 is 0 Å². The van der Waals surface area contributed by atoms with Crippen LogP contribution in [0.5, 0.6) is 0 Å². The summed E-state index contributed by atoms with van der Waals surface area (Å²) in [5, 5.41) is 6.31. The van der Waals surface area contributed by atoms with Crippen LogP contribution < -0.4 is 10.6 Å². The van der Waals surface area contributed by atoms with E-state index in [2.05, 4.69) is 10.6 Å². The van der Waals surface area contributed by atoms with Crippen LogP contribution in [0, 0.1) is 5.82 Å². The normalized spacial score (nSPS) is 12.8. The molecule has 0 aliphatic heterocycles. The van der Waals surface area contributed by atoms with Gasteiger partial charge in [-0.15, -0.1) is 0 Å². The molecular weight excluding hydrogens is 179 g/mol. The van der Waals surface area contributed by atoms with E-state index in [1.807, 2.05) is 26.2 Å². The quantitative estimate of drug-likeness (QED) is 0.749. The SMILES string of the molecule is CNCCC(NC)c1ccc(F)cc1. The first-order valence-electron chi connectivity index (χ1n) is 4.85. The summed E-state index contributed by atoms with van der Waals surface area (Å²) < 4.78 is 12.7. The third kappa shape index (κ3) is 3.09. The van der Waals surface area contributed by atoms with Crippen molar-refractivity contribution in [2.75, 3.05) is 20.6 Å². The van der Waals surface area contributed by atoms with Gasteiger partial charge in [0.05, 0.1) is 0 Å². The Hall–Kier alpha value is -0.930. The number of nitrogens with one attached hydrogen (secondary N) is 2. The molecule has 1 atom stereocenters. The van der Waals surface area contributed by atoms with Crippen LogP contribution in [0.4, 0.5) is 4.39 Å². The zero-order valence-electron chi connectivity index (χ0n) is 8.68. The second kappa shape index (κ2) is 5.73. The number of hydrogen-bond donors (Lipinski definition) is 2. The third-order valence-corrected chi connectivity index (χ3v) is 2.30. The molecule has 1 unspecified atom stereocenters. The summed E-state index contributed by atoms with van der Waals surface area (Å²) in [5.74, 6) is -0.183. The van der Waals surface area contributed by atoms with E-state index in [1.54, 1.807) is 0 Å². The second-order valence-corrected chi connectivity index (χ2v) is 3.29. The molecule has 2 nitrogen and oxygen atoms in total. The van der Waals surface area contributed by atoms with Gasteiger partial charge in [0, 0.05) is 6.04 Å². The van der Waals surface area contributed by atoms with E-state index in [-0.39, 0.29) is 5.82 Å². The third-order valence-electron chi connectivity index (χ3n) is 2.30. The van der Waals surface area contributed by atoms with Crippen LogP contribution in [0.25, 0.3) is 0 Å². The Kier molecular flexibility index (Phi) is 4.56. The number of rotatable bonds is 5. The first kappa shape index (κ1) is 11.1. The number of hydrogen-bond acceptors (Lipinski definition) is 2. The highest BCUT2D eigenvalue weighted by atomic mass is 19.1. The summed E-state index contributed by atoms with van der Waals surface area (Å²) in [5.41, 5.74) is 1.13. The van der Waals surface area contributed by atoms with E-state index in [0.29, 0.717) is 6.04 Å². The van der Waals surface area contributed by atoms with Crippen molar-refractivity contribution in [2.24, 2.45) is 0 Å². The van der Waals surface area contributed by atoms with Gasteiger partial charge in [-0.1, -0.05) is 12.1 Å². The molecule has 0 amide bonds. The van der Waals surface area contributed by atoms with Crippen molar-refractivity contribution in [3.63, 3.8) is 0 Å². The summed E-state index contributed by atoms with van der Waals surface area (Å²) in [6.07, 6.45) is 0.999. The highest BCUT2D eigenvalue weighted by molar-refractivity contribution is 5.19. The summed E-state index contributed by atoms with van der Waals surface area (Å²) >= 11 is 0. The van der Waals surface area contributed by atoms with Crippen LogP contribution in [0.15, 0.2) is 24.3 Å². The Bertz CT molecular complexity index is 258. The van der Waals surface area contributed by atoms with E-state index in [9.17, 15) is 4.39 Å². The fourth-order valence-electron chi connectivity index (χ4n) is 1.46. The summed E-state index contributed by atoms with van der Waals surface area (Å²) in [7, 11) is 3.85. The van der Waals surface area contributed by atoms with E-state index in [4.69, 9.17) is 0 Å². The molecule has 0 bridgehead atoms. The second-order valence-electron chi connectivity index (χ2n) is 3.29. The topological polar surface area (TPSA) is 24.1 Å². The zero-order valence-corrected chi connectivity index (χ0v) is 8.68. The lowest BCUT2D eigenvalue weighted by molar-refractivity contribution is 0.531. The Morgan fingerprint density at radius 2 is 1.86 bits per heavy atom. The maximum atomic E-state index is 12.7. The summed E-state index contributed by atoms with van der Waals surface area (Å²) in [6, 6.07) is 6.94. The molecule has 1 rings (SSSR count). The van der Waals surface area contributed by atoms with Crippen LogP contribution in [0.3, 0.4) is 0 Å². The molecular formula is C11H17FN2. The first-order chi connectivity index (χ1) is 6.77. The molecule has 0 saturated carbocycles. The van der Waals surface area contributed by atoms with E-state index in [1.165, 1.54) is 12.1 Å². The van der Waals surface area contributed by atoms with Gasteiger partial charge >= 0.3 is 0 Å². The monoisotopic (exact) mass is 196 g/mol. The molecule has 1 aromatic rings. The summed E-state index contributed by atoms with van der Waals surface area (Å²) in [4.78, 5) is 0. The smallest absolute Gasteiger partial charge is 0.123 e. The van der Waals surface area contributed by atoms with Crippen molar-refractivity contribution in [1.82, 2.24) is 10.6 Å². The van der Waals surface area contributed by atoms with Gasteiger partial charge in [0.15, 0.2) is 0 Å². The van der Waals surface area contributed by atoms with E-state index in [0.717, 1.165) is 18.5 Å². The molecule has 0 fully saturated rings. The van der Waals surface area contributed by atoms with Crippen LogP contribution in [-0.2, 0) is 0 Å². The first-order valence-corrected chi connectivity index (χ1v) is 4.85. The molecule has 0 radical (unpaired) electrons. The Labute approximate surface area is 84.5 Å². The minimum atomic E-state index is -0.183. The van der Waals surface area contributed by atoms with Crippen molar-refractivity contribution in [2.45, 2.75) is 12.5 Å². The predicted molar refractivity (Wildman–Crippen MR) is 56.7 cm³/mol. The molecule has 2 N–H and O–H groups in total. The molecule has 78 valence electrons. The van der Waals surface area contributed by atoms with Crippen molar-refractivity contribution >= 4 is 0 Å².